The van der Waals surface area contributed by atoms with Crippen LogP contribution >= 0.6 is 0 Å². The number of nitro groups is 1. The second-order valence-electron chi connectivity index (χ2n) is 5.54. The molecule has 0 aliphatic heterocycles. The van der Waals surface area contributed by atoms with Gasteiger partial charge in [-0.25, -0.2) is 0 Å². The third-order valence-corrected chi connectivity index (χ3v) is 3.65. The number of nitrogens with one attached hydrogen (secondary N) is 2. The van der Waals surface area contributed by atoms with E-state index in [4.69, 9.17) is 4.74 Å². The number of carbonyl (C=O) groups is 1. The molecule has 27 heavy (non-hydrogen) atoms. The van der Waals surface area contributed by atoms with Gasteiger partial charge in [-0.2, -0.15) is 13.2 Å². The molecule has 7 nitrogen and oxygen atoms in total. The normalized spacial score (nSPS) is 12.2. The van der Waals surface area contributed by atoms with Crippen molar-refractivity contribution >= 4 is 23.0 Å². The Labute approximate surface area is 152 Å². The summed E-state index contributed by atoms with van der Waals surface area (Å²) in [5, 5.41) is 16.3. The van der Waals surface area contributed by atoms with E-state index < -0.39 is 34.3 Å². The minimum atomic E-state index is -4.71. The number of amides is 1. The molecule has 2 aromatic carbocycles. The molecule has 0 aliphatic rings. The van der Waals surface area contributed by atoms with Crippen LogP contribution in [0.25, 0.3) is 0 Å². The van der Waals surface area contributed by atoms with Crippen molar-refractivity contribution in [1.82, 2.24) is 0 Å². The minimum absolute atomic E-state index is 0.198. The highest BCUT2D eigenvalue weighted by atomic mass is 19.4. The fourth-order valence-electron chi connectivity index (χ4n) is 2.27. The van der Waals surface area contributed by atoms with Crippen molar-refractivity contribution in [3.8, 4) is 5.75 Å². The third-order valence-electron chi connectivity index (χ3n) is 3.65. The SMILES string of the molecule is COc1ccccc1NC(=O)[C@H](C)Nc1ccc(C(F)(F)F)cc1[N+](=O)[O-]. The zero-order chi connectivity index (χ0) is 20.2. The van der Waals surface area contributed by atoms with Crippen LogP contribution < -0.4 is 15.4 Å². The molecule has 2 rings (SSSR count). The van der Waals surface area contributed by atoms with Crippen molar-refractivity contribution in [2.75, 3.05) is 17.7 Å². The van der Waals surface area contributed by atoms with Crippen molar-refractivity contribution in [2.45, 2.75) is 19.1 Å². The molecule has 2 aromatic rings. The molecule has 0 saturated heterocycles. The number of benzene rings is 2. The Hall–Kier alpha value is -3.30. The second-order valence-corrected chi connectivity index (χ2v) is 5.54. The van der Waals surface area contributed by atoms with Crippen LogP contribution in [0.1, 0.15) is 12.5 Å². The lowest BCUT2D eigenvalue weighted by molar-refractivity contribution is -0.384. The van der Waals surface area contributed by atoms with E-state index in [2.05, 4.69) is 10.6 Å². The van der Waals surface area contributed by atoms with Gasteiger partial charge in [-0.3, -0.25) is 14.9 Å². The van der Waals surface area contributed by atoms with Gasteiger partial charge in [0.1, 0.15) is 17.5 Å². The highest BCUT2D eigenvalue weighted by Gasteiger charge is 2.33. The molecule has 144 valence electrons. The molecule has 0 bridgehead atoms. The summed E-state index contributed by atoms with van der Waals surface area (Å²) in [5.74, 6) is -0.132. The van der Waals surface area contributed by atoms with Gasteiger partial charge < -0.3 is 15.4 Å². The molecular formula is C17H16F3N3O4. The second kappa shape index (κ2) is 7.94. The number of nitrogens with zero attached hydrogens (tertiary/aromatic N) is 1. The molecule has 0 aliphatic carbocycles. The maximum absolute atomic E-state index is 12.7. The average molecular weight is 383 g/mol. The predicted octanol–water partition coefficient (Wildman–Crippen LogP) is 4.06. The lowest BCUT2D eigenvalue weighted by Gasteiger charge is -2.17. The Kier molecular flexibility index (Phi) is 5.88. The molecular weight excluding hydrogens is 367 g/mol. The predicted molar refractivity (Wildman–Crippen MR) is 92.8 cm³/mol. The maximum atomic E-state index is 12.7. The topological polar surface area (TPSA) is 93.5 Å². The van der Waals surface area contributed by atoms with Crippen LogP contribution in [-0.2, 0) is 11.0 Å². The van der Waals surface area contributed by atoms with Gasteiger partial charge in [-0.1, -0.05) is 12.1 Å². The van der Waals surface area contributed by atoms with E-state index in [-0.39, 0.29) is 5.69 Å². The van der Waals surface area contributed by atoms with Gasteiger partial charge in [-0.05, 0) is 31.2 Å². The summed E-state index contributed by atoms with van der Waals surface area (Å²) in [5.41, 5.74) is -1.73. The number of hydrogen-bond acceptors (Lipinski definition) is 5. The Morgan fingerprint density at radius 1 is 1.19 bits per heavy atom. The molecule has 0 radical (unpaired) electrons. The maximum Gasteiger partial charge on any atom is 0.416 e. The summed E-state index contributed by atoms with van der Waals surface area (Å²) < 4.78 is 43.4. The van der Waals surface area contributed by atoms with Crippen LogP contribution in [0.5, 0.6) is 5.75 Å². The van der Waals surface area contributed by atoms with E-state index in [1.165, 1.54) is 14.0 Å². The van der Waals surface area contributed by atoms with E-state index >= 15 is 0 Å². The van der Waals surface area contributed by atoms with Crippen molar-refractivity contribution in [1.29, 1.82) is 0 Å². The summed E-state index contributed by atoms with van der Waals surface area (Å²) in [6.07, 6.45) is -4.71. The first kappa shape index (κ1) is 20.0. The standard InChI is InChI=1S/C17H16F3N3O4/c1-10(16(24)22-13-5-3-4-6-15(13)27-2)21-12-8-7-11(17(18,19)20)9-14(12)23(25)26/h3-10,21H,1-2H3,(H,22,24)/t10-/m0/s1. The molecule has 1 atom stereocenters. The fraction of sp³-hybridized carbons (Fsp3) is 0.235. The van der Waals surface area contributed by atoms with Crippen LogP contribution in [0.4, 0.5) is 30.2 Å². The van der Waals surface area contributed by atoms with Gasteiger partial charge in [0.15, 0.2) is 0 Å². The van der Waals surface area contributed by atoms with E-state index in [0.29, 0.717) is 23.6 Å². The van der Waals surface area contributed by atoms with Crippen LogP contribution in [0.2, 0.25) is 0 Å². The molecule has 2 N–H and O–H groups in total. The van der Waals surface area contributed by atoms with E-state index in [9.17, 15) is 28.1 Å². The van der Waals surface area contributed by atoms with Crippen LogP contribution in [0.15, 0.2) is 42.5 Å². The Morgan fingerprint density at radius 3 is 2.44 bits per heavy atom. The monoisotopic (exact) mass is 383 g/mol. The van der Waals surface area contributed by atoms with Gasteiger partial charge in [0.25, 0.3) is 5.69 Å². The quantitative estimate of drug-likeness (QED) is 0.580. The van der Waals surface area contributed by atoms with Crippen molar-refractivity contribution < 1.29 is 27.6 Å². The Balaban J connectivity index is 2.20. The molecule has 0 saturated carbocycles. The summed E-state index contributed by atoms with van der Waals surface area (Å²) in [6, 6.07) is 7.71. The number of hydrogen-bond donors (Lipinski definition) is 2. The molecule has 10 heteroatoms. The van der Waals surface area contributed by atoms with Crippen molar-refractivity contribution in [3.05, 3.63) is 58.1 Å². The summed E-state index contributed by atoms with van der Waals surface area (Å²) >= 11 is 0. The van der Waals surface area contributed by atoms with Crippen LogP contribution in [0.3, 0.4) is 0 Å². The Morgan fingerprint density at radius 2 is 1.85 bits per heavy atom. The number of carbonyl (C=O) groups excluding carboxylic acids is 1. The van der Waals surface area contributed by atoms with E-state index in [1.807, 2.05) is 0 Å². The smallest absolute Gasteiger partial charge is 0.416 e. The van der Waals surface area contributed by atoms with Gasteiger partial charge >= 0.3 is 6.18 Å². The third kappa shape index (κ3) is 4.87. The zero-order valence-corrected chi connectivity index (χ0v) is 14.3. The fourth-order valence-corrected chi connectivity index (χ4v) is 2.27. The molecule has 1 amide bonds. The summed E-state index contributed by atoms with van der Waals surface area (Å²) in [7, 11) is 1.43. The number of anilines is 2. The number of nitro benzene ring substituents is 1. The highest BCUT2D eigenvalue weighted by molar-refractivity contribution is 5.97. The van der Waals surface area contributed by atoms with E-state index in [0.717, 1.165) is 6.07 Å². The lowest BCUT2D eigenvalue weighted by atomic mass is 10.1. The van der Waals surface area contributed by atoms with Gasteiger partial charge in [0.2, 0.25) is 5.91 Å². The van der Waals surface area contributed by atoms with Gasteiger partial charge in [0.05, 0.1) is 23.3 Å². The molecule has 0 heterocycles. The minimum Gasteiger partial charge on any atom is -0.495 e. The highest BCUT2D eigenvalue weighted by Crippen LogP contribution is 2.35. The van der Waals surface area contributed by atoms with Crippen LogP contribution in [0, 0.1) is 10.1 Å². The first-order valence-electron chi connectivity index (χ1n) is 7.69. The number of halogens is 3. The first-order chi connectivity index (χ1) is 12.6. The number of alkyl halides is 3. The summed E-state index contributed by atoms with van der Waals surface area (Å²) in [4.78, 5) is 22.5. The van der Waals surface area contributed by atoms with Crippen LogP contribution in [-0.4, -0.2) is 24.0 Å². The van der Waals surface area contributed by atoms with Crippen molar-refractivity contribution in [3.63, 3.8) is 0 Å². The van der Waals surface area contributed by atoms with Gasteiger partial charge in [0, 0.05) is 6.07 Å². The molecule has 0 aromatic heterocycles. The number of methoxy groups -OCH3 is 1. The van der Waals surface area contributed by atoms with Gasteiger partial charge in [-0.15, -0.1) is 0 Å². The molecule has 0 spiro atoms. The zero-order valence-electron chi connectivity index (χ0n) is 14.3. The first-order valence-corrected chi connectivity index (χ1v) is 7.69. The number of rotatable bonds is 6. The van der Waals surface area contributed by atoms with E-state index in [1.54, 1.807) is 24.3 Å². The molecule has 0 fully saturated rings. The number of para-hydroxylation sites is 2. The number of ether oxygens (including phenoxy) is 1. The van der Waals surface area contributed by atoms with Crippen molar-refractivity contribution in [2.24, 2.45) is 0 Å². The summed E-state index contributed by atoms with van der Waals surface area (Å²) in [6.45, 7) is 1.42. The lowest BCUT2D eigenvalue weighted by Crippen LogP contribution is -2.32. The molecule has 0 unspecified atom stereocenters. The average Bonchev–Trinajstić information content (AvgIpc) is 2.61. The largest absolute Gasteiger partial charge is 0.495 e. The Bertz CT molecular complexity index is 856.